The second kappa shape index (κ2) is 3.03. The maximum atomic E-state index is 9.18. The molecule has 0 saturated heterocycles. The van der Waals surface area contributed by atoms with Crippen LogP contribution in [0.15, 0.2) is 22.7 Å². The number of aromatic hydroxyl groups is 1. The van der Waals surface area contributed by atoms with Crippen LogP contribution in [0.2, 0.25) is 0 Å². The van der Waals surface area contributed by atoms with E-state index < -0.39 is 0 Å². The number of nitrogens with two attached hydrogens (primary N) is 1. The molecule has 54 valence electrons. The lowest BCUT2D eigenvalue weighted by Gasteiger charge is -1.99. The molecule has 0 unspecified atom stereocenters. The molecule has 2 nitrogen and oxygen atoms in total. The molecular weight excluding hydrogens is 194 g/mol. The molecule has 0 heterocycles. The summed E-state index contributed by atoms with van der Waals surface area (Å²) in [5.41, 5.74) is 6.09. The highest BCUT2D eigenvalue weighted by Crippen LogP contribution is 2.21. The topological polar surface area (TPSA) is 46.2 Å². The fourth-order valence-corrected chi connectivity index (χ4v) is 1.06. The van der Waals surface area contributed by atoms with Gasteiger partial charge in [-0.15, -0.1) is 0 Å². The van der Waals surface area contributed by atoms with Gasteiger partial charge in [0.15, 0.2) is 0 Å². The highest BCUT2D eigenvalue weighted by Gasteiger charge is 1.97. The molecule has 1 rings (SSSR count). The summed E-state index contributed by atoms with van der Waals surface area (Å²) in [4.78, 5) is 0. The average molecular weight is 202 g/mol. The summed E-state index contributed by atoms with van der Waals surface area (Å²) < 4.78 is 0.863. The van der Waals surface area contributed by atoms with Crippen molar-refractivity contribution < 1.29 is 5.11 Å². The predicted octanol–water partition coefficient (Wildman–Crippen LogP) is 1.61. The lowest BCUT2D eigenvalue weighted by Crippen LogP contribution is -1.95. The van der Waals surface area contributed by atoms with Gasteiger partial charge in [-0.25, -0.2) is 0 Å². The van der Waals surface area contributed by atoms with Gasteiger partial charge < -0.3 is 10.8 Å². The first-order chi connectivity index (χ1) is 4.74. The minimum atomic E-state index is 0.247. The second-order valence-corrected chi connectivity index (χ2v) is 2.89. The predicted molar refractivity (Wildman–Crippen MR) is 43.7 cm³/mol. The van der Waals surface area contributed by atoms with E-state index in [1.807, 2.05) is 6.07 Å². The van der Waals surface area contributed by atoms with Gasteiger partial charge in [0.1, 0.15) is 5.75 Å². The summed E-state index contributed by atoms with van der Waals surface area (Å²) in [7, 11) is 0. The maximum absolute atomic E-state index is 9.18. The standard InChI is InChI=1S/C7H8BrNO/c8-6-2-1-5(4-9)7(10)3-6/h1-3,10H,4,9H2. The third-order valence-electron chi connectivity index (χ3n) is 1.27. The number of phenolic OH excluding ortho intramolecular Hbond substituents is 1. The van der Waals surface area contributed by atoms with Gasteiger partial charge in [-0.2, -0.15) is 0 Å². The summed E-state index contributed by atoms with van der Waals surface area (Å²) in [5.74, 6) is 0.247. The van der Waals surface area contributed by atoms with Crippen LogP contribution in [0.25, 0.3) is 0 Å². The minimum Gasteiger partial charge on any atom is -0.508 e. The van der Waals surface area contributed by atoms with Crippen molar-refractivity contribution >= 4 is 15.9 Å². The lowest BCUT2D eigenvalue weighted by molar-refractivity contribution is 0.468. The summed E-state index contributed by atoms with van der Waals surface area (Å²) in [6.45, 7) is 0.374. The van der Waals surface area contributed by atoms with E-state index in [0.717, 1.165) is 10.0 Å². The third kappa shape index (κ3) is 1.49. The number of phenols is 1. The lowest BCUT2D eigenvalue weighted by atomic mass is 10.2. The van der Waals surface area contributed by atoms with Gasteiger partial charge in [0.2, 0.25) is 0 Å². The SMILES string of the molecule is NCc1ccc(Br)cc1O. The zero-order chi connectivity index (χ0) is 7.56. The zero-order valence-corrected chi connectivity index (χ0v) is 6.93. The summed E-state index contributed by atoms with van der Waals surface area (Å²) in [6.07, 6.45) is 0. The Morgan fingerprint density at radius 2 is 2.20 bits per heavy atom. The van der Waals surface area contributed by atoms with Crippen molar-refractivity contribution in [3.05, 3.63) is 28.2 Å². The Labute approximate surface area is 67.8 Å². The van der Waals surface area contributed by atoms with E-state index >= 15 is 0 Å². The van der Waals surface area contributed by atoms with Crippen LogP contribution >= 0.6 is 15.9 Å². The minimum absolute atomic E-state index is 0.247. The number of benzene rings is 1. The number of rotatable bonds is 1. The number of hydrogen-bond acceptors (Lipinski definition) is 2. The first-order valence-electron chi connectivity index (χ1n) is 2.91. The Bertz CT molecular complexity index is 237. The zero-order valence-electron chi connectivity index (χ0n) is 5.34. The van der Waals surface area contributed by atoms with E-state index in [2.05, 4.69) is 15.9 Å². The van der Waals surface area contributed by atoms with Crippen molar-refractivity contribution in [2.75, 3.05) is 0 Å². The first kappa shape index (κ1) is 7.57. The van der Waals surface area contributed by atoms with Crippen LogP contribution in [0.3, 0.4) is 0 Å². The Morgan fingerprint density at radius 1 is 1.50 bits per heavy atom. The van der Waals surface area contributed by atoms with E-state index in [1.54, 1.807) is 12.1 Å². The maximum Gasteiger partial charge on any atom is 0.121 e. The van der Waals surface area contributed by atoms with Crippen LogP contribution in [-0.4, -0.2) is 5.11 Å². The Balaban J connectivity index is 3.07. The molecular formula is C7H8BrNO. The fraction of sp³-hybridized carbons (Fsp3) is 0.143. The van der Waals surface area contributed by atoms with Gasteiger partial charge in [0.05, 0.1) is 0 Å². The quantitative estimate of drug-likeness (QED) is 0.726. The Kier molecular flexibility index (Phi) is 2.29. The number of hydrogen-bond donors (Lipinski definition) is 2. The first-order valence-corrected chi connectivity index (χ1v) is 3.71. The molecule has 1 aromatic carbocycles. The van der Waals surface area contributed by atoms with Crippen LogP contribution in [0.4, 0.5) is 0 Å². The van der Waals surface area contributed by atoms with Crippen molar-refractivity contribution in [1.29, 1.82) is 0 Å². The molecule has 10 heavy (non-hydrogen) atoms. The monoisotopic (exact) mass is 201 g/mol. The van der Waals surface area contributed by atoms with Gasteiger partial charge >= 0.3 is 0 Å². The van der Waals surface area contributed by atoms with E-state index in [1.165, 1.54) is 0 Å². The van der Waals surface area contributed by atoms with E-state index in [-0.39, 0.29) is 5.75 Å². The summed E-state index contributed by atoms with van der Waals surface area (Å²) >= 11 is 3.22. The van der Waals surface area contributed by atoms with E-state index in [0.29, 0.717) is 6.54 Å². The molecule has 0 fully saturated rings. The highest BCUT2D eigenvalue weighted by atomic mass is 79.9. The molecule has 0 atom stereocenters. The van der Waals surface area contributed by atoms with Gasteiger partial charge in [-0.3, -0.25) is 0 Å². The van der Waals surface area contributed by atoms with Crippen molar-refractivity contribution in [2.45, 2.75) is 6.54 Å². The molecule has 0 spiro atoms. The van der Waals surface area contributed by atoms with Gasteiger partial charge in [0, 0.05) is 16.6 Å². The molecule has 0 radical (unpaired) electrons. The molecule has 3 heteroatoms. The molecule has 1 aromatic rings. The number of halogens is 1. The van der Waals surface area contributed by atoms with Gasteiger partial charge in [0.25, 0.3) is 0 Å². The van der Waals surface area contributed by atoms with Crippen molar-refractivity contribution in [2.24, 2.45) is 5.73 Å². The van der Waals surface area contributed by atoms with Crippen molar-refractivity contribution in [3.8, 4) is 5.75 Å². The van der Waals surface area contributed by atoms with Crippen LogP contribution in [0, 0.1) is 0 Å². The van der Waals surface area contributed by atoms with E-state index in [4.69, 9.17) is 5.73 Å². The molecule has 0 amide bonds. The molecule has 0 aromatic heterocycles. The highest BCUT2D eigenvalue weighted by molar-refractivity contribution is 9.10. The van der Waals surface area contributed by atoms with Crippen LogP contribution in [0.1, 0.15) is 5.56 Å². The molecule has 3 N–H and O–H groups in total. The van der Waals surface area contributed by atoms with Crippen molar-refractivity contribution in [1.82, 2.24) is 0 Å². The second-order valence-electron chi connectivity index (χ2n) is 1.98. The van der Waals surface area contributed by atoms with Crippen LogP contribution in [0.5, 0.6) is 5.75 Å². The molecule has 0 aliphatic rings. The van der Waals surface area contributed by atoms with Gasteiger partial charge in [-0.05, 0) is 12.1 Å². The molecule has 0 aliphatic carbocycles. The smallest absolute Gasteiger partial charge is 0.121 e. The average Bonchev–Trinajstić information content (AvgIpc) is 1.88. The molecule has 0 bridgehead atoms. The normalized spacial score (nSPS) is 9.80. The largest absolute Gasteiger partial charge is 0.508 e. The summed E-state index contributed by atoms with van der Waals surface area (Å²) in [5, 5.41) is 9.18. The van der Waals surface area contributed by atoms with Crippen LogP contribution in [-0.2, 0) is 6.54 Å². The molecule has 0 aliphatic heterocycles. The Morgan fingerprint density at radius 3 is 2.70 bits per heavy atom. The summed E-state index contributed by atoms with van der Waals surface area (Å²) in [6, 6.07) is 5.27. The fourth-order valence-electron chi connectivity index (χ4n) is 0.710. The van der Waals surface area contributed by atoms with Crippen LogP contribution < -0.4 is 5.73 Å². The van der Waals surface area contributed by atoms with Gasteiger partial charge in [-0.1, -0.05) is 22.0 Å². The molecule has 0 saturated carbocycles. The van der Waals surface area contributed by atoms with E-state index in [9.17, 15) is 5.11 Å². The van der Waals surface area contributed by atoms with Crippen molar-refractivity contribution in [3.63, 3.8) is 0 Å². The third-order valence-corrected chi connectivity index (χ3v) is 1.76. The Hall–Kier alpha value is -0.540.